The van der Waals surface area contributed by atoms with E-state index in [-0.39, 0.29) is 11.1 Å². The molecule has 92 valence electrons. The molecule has 1 N–H and O–H groups in total. The van der Waals surface area contributed by atoms with Gasteiger partial charge in [0.1, 0.15) is 0 Å². The number of carbonyl (C=O) groups is 2. The monoisotopic (exact) mass is 247 g/mol. The maximum absolute atomic E-state index is 11.6. The van der Waals surface area contributed by atoms with Crippen molar-refractivity contribution in [2.24, 2.45) is 7.05 Å². The molecule has 0 saturated heterocycles. The van der Waals surface area contributed by atoms with Gasteiger partial charge in [-0.25, -0.2) is 9.59 Å². The van der Waals surface area contributed by atoms with Crippen molar-refractivity contribution >= 4 is 22.9 Å². The third-order valence-corrected chi connectivity index (χ3v) is 2.45. The van der Waals surface area contributed by atoms with Crippen LogP contribution in [-0.4, -0.2) is 21.4 Å². The molecule has 6 heteroatoms. The lowest BCUT2D eigenvalue weighted by atomic mass is 10.1. The van der Waals surface area contributed by atoms with Gasteiger partial charge in [-0.15, -0.1) is 0 Å². The molecule has 0 saturated carbocycles. The third-order valence-electron chi connectivity index (χ3n) is 2.45. The highest BCUT2D eigenvalue weighted by molar-refractivity contribution is 6.08. The molecule has 0 bridgehead atoms. The molecule has 0 radical (unpaired) electrons. The quantitative estimate of drug-likeness (QED) is 0.644. The number of rotatable bonds is 3. The number of aliphatic carboxylic acids is 1. The maximum Gasteiger partial charge on any atom is 0.419 e. The van der Waals surface area contributed by atoms with E-state index in [1.165, 1.54) is 16.7 Å². The maximum atomic E-state index is 11.6. The van der Waals surface area contributed by atoms with Gasteiger partial charge < -0.3 is 9.52 Å². The van der Waals surface area contributed by atoms with Crippen molar-refractivity contribution in [3.8, 4) is 0 Å². The average molecular weight is 247 g/mol. The number of oxazole rings is 1. The fourth-order valence-electron chi connectivity index (χ4n) is 1.53. The van der Waals surface area contributed by atoms with Gasteiger partial charge in [0.25, 0.3) is 0 Å². The summed E-state index contributed by atoms with van der Waals surface area (Å²) in [7, 11) is 1.56. The van der Waals surface area contributed by atoms with Gasteiger partial charge >= 0.3 is 11.7 Å². The summed E-state index contributed by atoms with van der Waals surface area (Å²) in [6, 6.07) is 4.49. The molecule has 0 fully saturated rings. The van der Waals surface area contributed by atoms with Crippen LogP contribution in [0, 0.1) is 0 Å². The molecule has 18 heavy (non-hydrogen) atoms. The van der Waals surface area contributed by atoms with Crippen LogP contribution in [0.3, 0.4) is 0 Å². The number of carboxylic acid groups (broad SMARTS) is 1. The number of benzene rings is 1. The second kappa shape index (κ2) is 4.33. The van der Waals surface area contributed by atoms with E-state index in [0.717, 1.165) is 12.2 Å². The second-order valence-corrected chi connectivity index (χ2v) is 3.65. The van der Waals surface area contributed by atoms with E-state index >= 15 is 0 Å². The van der Waals surface area contributed by atoms with Crippen LogP contribution in [0.15, 0.2) is 39.6 Å². The first-order valence-electron chi connectivity index (χ1n) is 5.04. The number of fused-ring (bicyclic) bond motifs is 1. The number of allylic oxidation sites excluding steroid dienone is 1. The van der Waals surface area contributed by atoms with E-state index in [2.05, 4.69) is 0 Å². The molecular weight excluding hydrogens is 238 g/mol. The molecule has 0 aliphatic carbocycles. The van der Waals surface area contributed by atoms with Crippen LogP contribution in [0.4, 0.5) is 0 Å². The lowest BCUT2D eigenvalue weighted by molar-refractivity contribution is -0.131. The van der Waals surface area contributed by atoms with Gasteiger partial charge in [0, 0.05) is 18.7 Å². The molecule has 0 unspecified atom stereocenters. The zero-order valence-corrected chi connectivity index (χ0v) is 9.41. The van der Waals surface area contributed by atoms with Crippen molar-refractivity contribution in [2.75, 3.05) is 0 Å². The van der Waals surface area contributed by atoms with E-state index in [1.54, 1.807) is 13.1 Å². The van der Waals surface area contributed by atoms with Crippen LogP contribution < -0.4 is 5.76 Å². The van der Waals surface area contributed by atoms with E-state index in [4.69, 9.17) is 9.52 Å². The molecular formula is C12H9NO5. The van der Waals surface area contributed by atoms with Gasteiger partial charge in [0.05, 0.1) is 5.52 Å². The summed E-state index contributed by atoms with van der Waals surface area (Å²) in [5, 5.41) is 8.42. The smallest absolute Gasteiger partial charge is 0.419 e. The van der Waals surface area contributed by atoms with Crippen LogP contribution in [0.5, 0.6) is 0 Å². The first-order valence-corrected chi connectivity index (χ1v) is 5.04. The first kappa shape index (κ1) is 11.8. The number of carboxylic acids is 1. The minimum absolute atomic E-state index is 0.259. The van der Waals surface area contributed by atoms with Crippen LogP contribution in [0.1, 0.15) is 10.4 Å². The molecule has 1 aromatic carbocycles. The summed E-state index contributed by atoms with van der Waals surface area (Å²) >= 11 is 0. The molecule has 2 rings (SSSR count). The van der Waals surface area contributed by atoms with Crippen molar-refractivity contribution in [3.05, 3.63) is 46.5 Å². The molecule has 0 atom stereocenters. The SMILES string of the molecule is Cn1c(=O)oc2cc(C(=O)/C=C/C(=O)O)ccc21. The standard InChI is InChI=1S/C12H9NO5/c1-13-8-3-2-7(6-10(8)18-12(13)17)9(14)4-5-11(15)16/h2-6H,1H3,(H,15,16)/b5-4+. The van der Waals surface area contributed by atoms with Gasteiger partial charge in [-0.3, -0.25) is 9.36 Å². The summed E-state index contributed by atoms with van der Waals surface area (Å²) in [6.07, 6.45) is 1.71. The summed E-state index contributed by atoms with van der Waals surface area (Å²) < 4.78 is 6.25. The molecule has 0 spiro atoms. The Balaban J connectivity index is 2.45. The Kier molecular flexibility index (Phi) is 2.85. The molecule has 0 amide bonds. The minimum Gasteiger partial charge on any atom is -0.478 e. The van der Waals surface area contributed by atoms with Gasteiger partial charge in [-0.2, -0.15) is 0 Å². The zero-order valence-electron chi connectivity index (χ0n) is 9.41. The minimum atomic E-state index is -1.20. The topological polar surface area (TPSA) is 89.5 Å². The van der Waals surface area contributed by atoms with Crippen molar-refractivity contribution in [2.45, 2.75) is 0 Å². The highest BCUT2D eigenvalue weighted by atomic mass is 16.4. The van der Waals surface area contributed by atoms with Gasteiger partial charge in [0.2, 0.25) is 0 Å². The average Bonchev–Trinajstić information content (AvgIpc) is 2.61. The predicted molar refractivity (Wildman–Crippen MR) is 62.6 cm³/mol. The first-order chi connectivity index (χ1) is 8.49. The van der Waals surface area contributed by atoms with Crippen LogP contribution >= 0.6 is 0 Å². The highest BCUT2D eigenvalue weighted by Gasteiger charge is 2.09. The van der Waals surface area contributed by atoms with Crippen LogP contribution in [0.2, 0.25) is 0 Å². The van der Waals surface area contributed by atoms with E-state index in [1.807, 2.05) is 0 Å². The lowest BCUT2D eigenvalue weighted by Gasteiger charge is -1.95. The Morgan fingerprint density at radius 2 is 2.06 bits per heavy atom. The van der Waals surface area contributed by atoms with Crippen LogP contribution in [0.25, 0.3) is 11.1 Å². The molecule has 0 aliphatic rings. The molecule has 0 aliphatic heterocycles. The van der Waals surface area contributed by atoms with E-state index in [9.17, 15) is 14.4 Å². The number of aryl methyl sites for hydroxylation is 1. The number of carbonyl (C=O) groups excluding carboxylic acids is 1. The Bertz CT molecular complexity index is 720. The zero-order chi connectivity index (χ0) is 13.3. The lowest BCUT2D eigenvalue weighted by Crippen LogP contribution is -2.08. The van der Waals surface area contributed by atoms with Crippen molar-refractivity contribution in [1.82, 2.24) is 4.57 Å². The Morgan fingerprint density at radius 1 is 1.33 bits per heavy atom. The highest BCUT2D eigenvalue weighted by Crippen LogP contribution is 2.14. The number of aromatic nitrogens is 1. The predicted octanol–water partition coefficient (Wildman–Crippen LogP) is 0.955. The van der Waals surface area contributed by atoms with E-state index < -0.39 is 17.5 Å². The van der Waals surface area contributed by atoms with Crippen molar-refractivity contribution in [3.63, 3.8) is 0 Å². The fraction of sp³-hybridized carbons (Fsp3) is 0.0833. The molecule has 2 aromatic rings. The normalized spacial score (nSPS) is 11.2. The largest absolute Gasteiger partial charge is 0.478 e. The Morgan fingerprint density at radius 3 is 2.72 bits per heavy atom. The molecule has 6 nitrogen and oxygen atoms in total. The van der Waals surface area contributed by atoms with Crippen molar-refractivity contribution < 1.29 is 19.1 Å². The number of ketones is 1. The van der Waals surface area contributed by atoms with Gasteiger partial charge in [-0.1, -0.05) is 0 Å². The Hall–Kier alpha value is -2.63. The van der Waals surface area contributed by atoms with Crippen LogP contribution in [-0.2, 0) is 11.8 Å². The second-order valence-electron chi connectivity index (χ2n) is 3.65. The van der Waals surface area contributed by atoms with E-state index in [0.29, 0.717) is 5.52 Å². The third kappa shape index (κ3) is 2.08. The van der Waals surface area contributed by atoms with Gasteiger partial charge in [-0.05, 0) is 24.3 Å². The summed E-state index contributed by atoms with van der Waals surface area (Å²) in [4.78, 5) is 33.2. The number of hydrogen-bond donors (Lipinski definition) is 1. The number of nitrogens with zero attached hydrogens (tertiary/aromatic N) is 1. The van der Waals surface area contributed by atoms with Gasteiger partial charge in [0.15, 0.2) is 11.4 Å². The summed E-state index contributed by atoms with van der Waals surface area (Å²) in [5.41, 5.74) is 1.12. The summed E-state index contributed by atoms with van der Waals surface area (Å²) in [6.45, 7) is 0. The fourth-order valence-corrected chi connectivity index (χ4v) is 1.53. The van der Waals surface area contributed by atoms with Crippen molar-refractivity contribution in [1.29, 1.82) is 0 Å². The Labute approximate surface area is 101 Å². The molecule has 1 heterocycles. The number of hydrogen-bond acceptors (Lipinski definition) is 4. The summed E-state index contributed by atoms with van der Waals surface area (Å²) in [5.74, 6) is -2.18. The molecule has 1 aromatic heterocycles.